The second-order valence-corrected chi connectivity index (χ2v) is 4.36. The van der Waals surface area contributed by atoms with Gasteiger partial charge in [0.05, 0.1) is 0 Å². The van der Waals surface area contributed by atoms with Gasteiger partial charge in [0.15, 0.2) is 0 Å². The fourth-order valence-electron chi connectivity index (χ4n) is 1.90. The summed E-state index contributed by atoms with van der Waals surface area (Å²) >= 11 is 0. The van der Waals surface area contributed by atoms with Gasteiger partial charge in [-0.25, -0.2) is 0 Å². The summed E-state index contributed by atoms with van der Waals surface area (Å²) in [5.74, 6) is 1.43. The van der Waals surface area contributed by atoms with Crippen LogP contribution < -0.4 is 0 Å². The van der Waals surface area contributed by atoms with Crippen molar-refractivity contribution < 1.29 is 4.74 Å². The number of hydrogen-bond donors (Lipinski definition) is 0. The molecular formula is C20H22O. The van der Waals surface area contributed by atoms with Crippen LogP contribution in [0.25, 0.3) is 0 Å². The Kier molecular flexibility index (Phi) is 6.76. The number of allylic oxidation sites excluding steroid dienone is 12. The first kappa shape index (κ1) is 16.5. The second-order valence-electron chi connectivity index (χ2n) is 4.36. The van der Waals surface area contributed by atoms with Crippen molar-refractivity contribution in [3.8, 4) is 0 Å². The van der Waals surface area contributed by atoms with E-state index in [4.69, 9.17) is 4.74 Å². The lowest BCUT2D eigenvalue weighted by molar-refractivity contribution is 0.329. The molecular weight excluding hydrogens is 256 g/mol. The van der Waals surface area contributed by atoms with Crippen LogP contribution in [0, 0.1) is 0 Å². The normalized spacial score (nSPS) is 24.2. The van der Waals surface area contributed by atoms with Gasteiger partial charge in [-0.05, 0) is 31.6 Å². The summed E-state index contributed by atoms with van der Waals surface area (Å²) in [5, 5.41) is 0. The molecule has 1 heteroatoms. The third-order valence-electron chi connectivity index (χ3n) is 2.82. The van der Waals surface area contributed by atoms with E-state index in [9.17, 15) is 0 Å². The van der Waals surface area contributed by atoms with Crippen molar-refractivity contribution in [2.24, 2.45) is 0 Å². The predicted molar refractivity (Wildman–Crippen MR) is 92.6 cm³/mol. The van der Waals surface area contributed by atoms with Gasteiger partial charge in [-0.2, -0.15) is 0 Å². The molecule has 0 aromatic carbocycles. The third-order valence-corrected chi connectivity index (χ3v) is 2.82. The summed E-state index contributed by atoms with van der Waals surface area (Å²) in [6.45, 7) is 15.6. The van der Waals surface area contributed by atoms with Crippen molar-refractivity contribution in [2.75, 3.05) is 0 Å². The van der Waals surface area contributed by atoms with Gasteiger partial charge in [0, 0.05) is 11.1 Å². The van der Waals surface area contributed by atoms with E-state index in [2.05, 4.69) is 19.7 Å². The van der Waals surface area contributed by atoms with Crippen molar-refractivity contribution in [3.63, 3.8) is 0 Å². The molecule has 1 heterocycles. The van der Waals surface area contributed by atoms with Crippen molar-refractivity contribution in [2.45, 2.75) is 13.8 Å². The highest BCUT2D eigenvalue weighted by Crippen LogP contribution is 2.26. The highest BCUT2D eigenvalue weighted by Gasteiger charge is 2.11. The van der Waals surface area contributed by atoms with E-state index >= 15 is 0 Å². The maximum Gasteiger partial charge on any atom is 0.134 e. The van der Waals surface area contributed by atoms with Crippen molar-refractivity contribution in [1.29, 1.82) is 0 Å². The van der Waals surface area contributed by atoms with E-state index in [0.717, 1.165) is 22.5 Å². The first-order chi connectivity index (χ1) is 10.2. The lowest BCUT2D eigenvalue weighted by atomic mass is 10.0. The average Bonchev–Trinajstić information content (AvgIpc) is 2.47. The molecule has 0 aromatic heterocycles. The number of ether oxygens (including phenoxy) is 1. The molecule has 0 bridgehead atoms. The zero-order valence-corrected chi connectivity index (χ0v) is 12.8. The summed E-state index contributed by atoms with van der Waals surface area (Å²) < 4.78 is 6.04. The molecule has 1 aliphatic rings. The van der Waals surface area contributed by atoms with Crippen LogP contribution in [-0.4, -0.2) is 0 Å². The molecule has 1 aliphatic heterocycles. The minimum atomic E-state index is 0.688. The van der Waals surface area contributed by atoms with Gasteiger partial charge in [0.2, 0.25) is 0 Å². The Morgan fingerprint density at radius 2 is 1.95 bits per heavy atom. The molecule has 0 aliphatic carbocycles. The van der Waals surface area contributed by atoms with Gasteiger partial charge in [-0.3, -0.25) is 0 Å². The standard InChI is InChI=1S/C20H22O/c1-6-11-17(12-7-2)20-15-10-14-16(5)18(13-8-3)19(9-4)21-20/h6-15H,1,4-5H2,2-3H3/b12-7-,13-8-,14-10-,17-11+,19-18-,20-15-. The summed E-state index contributed by atoms with van der Waals surface area (Å²) in [4.78, 5) is 0. The first-order valence-corrected chi connectivity index (χ1v) is 6.88. The van der Waals surface area contributed by atoms with E-state index in [1.165, 1.54) is 0 Å². The van der Waals surface area contributed by atoms with E-state index in [1.807, 2.05) is 62.5 Å². The number of rotatable bonds is 5. The monoisotopic (exact) mass is 278 g/mol. The quantitative estimate of drug-likeness (QED) is 0.585. The lowest BCUT2D eigenvalue weighted by Gasteiger charge is -2.16. The Balaban J connectivity index is 3.39. The van der Waals surface area contributed by atoms with Crippen LogP contribution in [0.1, 0.15) is 13.8 Å². The molecule has 0 unspecified atom stereocenters. The minimum Gasteiger partial charge on any atom is -0.456 e. The Hall–Kier alpha value is -2.54. The molecule has 0 radical (unpaired) electrons. The van der Waals surface area contributed by atoms with Gasteiger partial charge in [0.1, 0.15) is 11.5 Å². The molecule has 1 nitrogen and oxygen atoms in total. The smallest absolute Gasteiger partial charge is 0.134 e. The molecule has 0 saturated heterocycles. The molecule has 0 atom stereocenters. The molecule has 0 spiro atoms. The van der Waals surface area contributed by atoms with Gasteiger partial charge >= 0.3 is 0 Å². The van der Waals surface area contributed by atoms with Crippen LogP contribution in [0.5, 0.6) is 0 Å². The summed E-state index contributed by atoms with van der Waals surface area (Å²) in [7, 11) is 0. The maximum absolute atomic E-state index is 6.04. The van der Waals surface area contributed by atoms with Crippen LogP contribution in [0.15, 0.2) is 109 Å². The van der Waals surface area contributed by atoms with Crippen molar-refractivity contribution >= 4 is 0 Å². The second kappa shape index (κ2) is 8.60. The highest BCUT2D eigenvalue weighted by molar-refractivity contribution is 5.52. The summed E-state index contributed by atoms with van der Waals surface area (Å²) in [5.41, 5.74) is 2.76. The number of hydrogen-bond acceptors (Lipinski definition) is 1. The van der Waals surface area contributed by atoms with Crippen molar-refractivity contribution in [3.05, 3.63) is 109 Å². The molecule has 1 rings (SSSR count). The predicted octanol–water partition coefficient (Wildman–Crippen LogP) is 5.72. The van der Waals surface area contributed by atoms with Gasteiger partial charge in [-0.1, -0.05) is 68.3 Å². The molecule has 21 heavy (non-hydrogen) atoms. The largest absolute Gasteiger partial charge is 0.456 e. The Morgan fingerprint density at radius 1 is 1.19 bits per heavy atom. The van der Waals surface area contributed by atoms with Crippen LogP contribution >= 0.6 is 0 Å². The Bertz CT molecular complexity index is 602. The molecule has 0 saturated carbocycles. The zero-order chi connectivity index (χ0) is 15.7. The minimum absolute atomic E-state index is 0.688. The molecule has 0 aromatic rings. The summed E-state index contributed by atoms with van der Waals surface area (Å²) in [6.07, 6.45) is 19.0. The van der Waals surface area contributed by atoms with Crippen LogP contribution in [0.2, 0.25) is 0 Å². The fraction of sp³-hybridized carbons (Fsp3) is 0.100. The zero-order valence-electron chi connectivity index (χ0n) is 12.8. The van der Waals surface area contributed by atoms with Gasteiger partial charge < -0.3 is 4.74 Å². The van der Waals surface area contributed by atoms with E-state index in [0.29, 0.717) is 5.76 Å². The third kappa shape index (κ3) is 4.50. The molecule has 0 fully saturated rings. The van der Waals surface area contributed by atoms with Crippen LogP contribution in [0.4, 0.5) is 0 Å². The van der Waals surface area contributed by atoms with Gasteiger partial charge in [0.25, 0.3) is 0 Å². The van der Waals surface area contributed by atoms with E-state index < -0.39 is 0 Å². The first-order valence-electron chi connectivity index (χ1n) is 6.88. The SMILES string of the molecule is C=C/C=C(\C=C/C)C1=C/C=C\C(=C)C(/C=C\C)=C(/C=C)O\1. The highest BCUT2D eigenvalue weighted by atomic mass is 16.5. The topological polar surface area (TPSA) is 9.23 Å². The fourth-order valence-corrected chi connectivity index (χ4v) is 1.90. The van der Waals surface area contributed by atoms with Gasteiger partial charge in [-0.15, -0.1) is 0 Å². The Morgan fingerprint density at radius 3 is 2.52 bits per heavy atom. The lowest BCUT2D eigenvalue weighted by Crippen LogP contribution is -2.00. The van der Waals surface area contributed by atoms with Crippen LogP contribution in [-0.2, 0) is 4.74 Å². The summed E-state index contributed by atoms with van der Waals surface area (Å²) in [6, 6.07) is 0. The average molecular weight is 278 g/mol. The van der Waals surface area contributed by atoms with Crippen LogP contribution in [0.3, 0.4) is 0 Å². The molecule has 0 amide bonds. The molecule has 108 valence electrons. The van der Waals surface area contributed by atoms with E-state index in [1.54, 1.807) is 12.2 Å². The molecule has 0 N–H and O–H groups in total. The Labute approximate surface area is 128 Å². The van der Waals surface area contributed by atoms with E-state index in [-0.39, 0.29) is 0 Å². The van der Waals surface area contributed by atoms with Crippen molar-refractivity contribution in [1.82, 2.24) is 0 Å². The maximum atomic E-state index is 6.04.